The van der Waals surface area contributed by atoms with E-state index in [1.807, 2.05) is 0 Å². The molecule has 1 aromatic carbocycles. The summed E-state index contributed by atoms with van der Waals surface area (Å²) in [5.74, 6) is -3.32. The minimum Gasteiger partial charge on any atom is -0.497 e. The van der Waals surface area contributed by atoms with Crippen molar-refractivity contribution in [3.63, 3.8) is 0 Å². The molecule has 0 aliphatic carbocycles. The maximum absolute atomic E-state index is 12.7. The molecule has 2 atom stereocenters. The van der Waals surface area contributed by atoms with Gasteiger partial charge in [-0.25, -0.2) is 4.79 Å². The van der Waals surface area contributed by atoms with Gasteiger partial charge in [0.15, 0.2) is 0 Å². The number of nitrogens with zero attached hydrogens (tertiary/aromatic N) is 1. The van der Waals surface area contributed by atoms with Crippen LogP contribution in [0.25, 0.3) is 0 Å². The Morgan fingerprint density at radius 2 is 1.86 bits per heavy atom. The van der Waals surface area contributed by atoms with Gasteiger partial charge >= 0.3 is 18.1 Å². The fraction of sp³-hybridized carbons (Fsp3) is 0.429. The number of methoxy groups -OCH3 is 1. The van der Waals surface area contributed by atoms with Crippen LogP contribution in [0.5, 0.6) is 5.75 Å². The third-order valence-corrected chi connectivity index (χ3v) is 3.25. The zero-order valence-corrected chi connectivity index (χ0v) is 12.2. The average molecular weight is 319 g/mol. The molecule has 0 aliphatic heterocycles. The van der Waals surface area contributed by atoms with Crippen molar-refractivity contribution in [2.75, 3.05) is 7.11 Å². The predicted molar refractivity (Wildman–Crippen MR) is 71.4 cm³/mol. The number of carboxylic acids is 1. The van der Waals surface area contributed by atoms with Crippen LogP contribution in [0.3, 0.4) is 0 Å². The summed E-state index contributed by atoms with van der Waals surface area (Å²) in [6.07, 6.45) is -5.16. The second-order valence-corrected chi connectivity index (χ2v) is 4.68. The molecule has 0 radical (unpaired) electrons. The lowest BCUT2D eigenvalue weighted by Crippen LogP contribution is -2.50. The highest BCUT2D eigenvalue weighted by Crippen LogP contribution is 2.30. The normalized spacial score (nSPS) is 14.1. The van der Waals surface area contributed by atoms with Crippen molar-refractivity contribution in [2.45, 2.75) is 32.1 Å². The lowest BCUT2D eigenvalue weighted by atomic mass is 10.0. The van der Waals surface area contributed by atoms with Crippen LogP contribution in [-0.2, 0) is 9.59 Å². The third kappa shape index (κ3) is 3.90. The summed E-state index contributed by atoms with van der Waals surface area (Å²) in [6, 6.07) is 3.37. The Bertz CT molecular complexity index is 559. The molecule has 22 heavy (non-hydrogen) atoms. The maximum atomic E-state index is 12.7. The van der Waals surface area contributed by atoms with E-state index in [-0.39, 0.29) is 0 Å². The molecule has 2 unspecified atom stereocenters. The molecule has 0 spiro atoms. The SMILES string of the molecule is COc1cccc(C(C)N(C(=O)C(F)(F)F)C(C)C(=O)O)c1. The number of halogens is 3. The molecule has 1 N–H and O–H groups in total. The second kappa shape index (κ2) is 6.67. The minimum absolute atomic E-state index is 0.303. The van der Waals surface area contributed by atoms with Crippen LogP contribution in [-0.4, -0.2) is 41.2 Å². The topological polar surface area (TPSA) is 66.8 Å². The van der Waals surface area contributed by atoms with Crippen molar-refractivity contribution in [1.82, 2.24) is 4.90 Å². The van der Waals surface area contributed by atoms with Crippen LogP contribution < -0.4 is 4.74 Å². The number of hydrogen-bond donors (Lipinski definition) is 1. The molecule has 0 saturated heterocycles. The standard InChI is InChI=1S/C14H16F3NO4/c1-8(10-5-4-6-11(7-10)22-3)18(9(2)12(19)20)13(21)14(15,16)17/h4-9H,1-3H3,(H,19,20). The van der Waals surface area contributed by atoms with Gasteiger partial charge in [-0.15, -0.1) is 0 Å². The summed E-state index contributed by atoms with van der Waals surface area (Å²) in [5, 5.41) is 8.98. The van der Waals surface area contributed by atoms with Gasteiger partial charge in [0.1, 0.15) is 11.8 Å². The maximum Gasteiger partial charge on any atom is 0.471 e. The quantitative estimate of drug-likeness (QED) is 0.906. The summed E-state index contributed by atoms with van der Waals surface area (Å²) in [5.41, 5.74) is 0.338. The van der Waals surface area contributed by atoms with Crippen molar-refractivity contribution in [3.8, 4) is 5.75 Å². The molecule has 0 aliphatic rings. The van der Waals surface area contributed by atoms with Crippen molar-refractivity contribution >= 4 is 11.9 Å². The molecule has 0 heterocycles. The van der Waals surface area contributed by atoms with E-state index in [9.17, 15) is 22.8 Å². The molecular formula is C14H16F3NO4. The second-order valence-electron chi connectivity index (χ2n) is 4.68. The number of hydrogen-bond acceptors (Lipinski definition) is 3. The number of rotatable bonds is 5. The van der Waals surface area contributed by atoms with Crippen molar-refractivity contribution in [1.29, 1.82) is 0 Å². The zero-order valence-electron chi connectivity index (χ0n) is 12.2. The first-order valence-electron chi connectivity index (χ1n) is 6.35. The van der Waals surface area contributed by atoms with Crippen molar-refractivity contribution < 1.29 is 32.6 Å². The van der Waals surface area contributed by atoms with E-state index < -0.39 is 30.1 Å². The summed E-state index contributed by atoms with van der Waals surface area (Å²) >= 11 is 0. The molecule has 0 aromatic heterocycles. The Balaban J connectivity index is 3.25. The lowest BCUT2D eigenvalue weighted by molar-refractivity contribution is -0.192. The number of carboxylic acid groups (broad SMARTS) is 1. The van der Waals surface area contributed by atoms with Crippen LogP contribution in [0.1, 0.15) is 25.5 Å². The van der Waals surface area contributed by atoms with E-state index in [2.05, 4.69) is 0 Å². The number of carbonyl (C=O) groups excluding carboxylic acids is 1. The summed E-state index contributed by atoms with van der Waals surface area (Å²) in [7, 11) is 1.39. The molecule has 1 rings (SSSR count). The van der Waals surface area contributed by atoms with Crippen LogP contribution in [0.2, 0.25) is 0 Å². The van der Waals surface area contributed by atoms with Gasteiger partial charge in [-0.1, -0.05) is 12.1 Å². The lowest BCUT2D eigenvalue weighted by Gasteiger charge is -2.33. The van der Waals surface area contributed by atoms with Crippen molar-refractivity contribution in [2.24, 2.45) is 0 Å². The number of benzene rings is 1. The Hall–Kier alpha value is -2.25. The monoisotopic (exact) mass is 319 g/mol. The van der Waals surface area contributed by atoms with Gasteiger partial charge in [0, 0.05) is 0 Å². The van der Waals surface area contributed by atoms with E-state index in [4.69, 9.17) is 9.84 Å². The number of alkyl halides is 3. The zero-order chi connectivity index (χ0) is 17.1. The Morgan fingerprint density at radius 3 is 2.32 bits per heavy atom. The largest absolute Gasteiger partial charge is 0.497 e. The number of carbonyl (C=O) groups is 2. The molecule has 0 bridgehead atoms. The fourth-order valence-corrected chi connectivity index (χ4v) is 2.01. The van der Waals surface area contributed by atoms with Crippen molar-refractivity contribution in [3.05, 3.63) is 29.8 Å². The van der Waals surface area contributed by atoms with E-state index in [0.29, 0.717) is 16.2 Å². The number of ether oxygens (including phenoxy) is 1. The van der Waals surface area contributed by atoms with Gasteiger partial charge in [0.25, 0.3) is 0 Å². The molecule has 0 saturated carbocycles. The van der Waals surface area contributed by atoms with Gasteiger partial charge in [-0.3, -0.25) is 4.79 Å². The number of amides is 1. The Kier molecular flexibility index (Phi) is 5.40. The molecule has 122 valence electrons. The van der Waals surface area contributed by atoms with E-state index >= 15 is 0 Å². The highest BCUT2D eigenvalue weighted by molar-refractivity contribution is 5.87. The van der Waals surface area contributed by atoms with E-state index in [1.165, 1.54) is 26.2 Å². The molecule has 1 amide bonds. The highest BCUT2D eigenvalue weighted by Gasteiger charge is 2.47. The fourth-order valence-electron chi connectivity index (χ4n) is 2.01. The first-order valence-corrected chi connectivity index (χ1v) is 6.35. The smallest absolute Gasteiger partial charge is 0.471 e. The molecule has 0 fully saturated rings. The van der Waals surface area contributed by atoms with Gasteiger partial charge in [-0.05, 0) is 31.5 Å². The Labute approximate surface area is 125 Å². The van der Waals surface area contributed by atoms with E-state index in [1.54, 1.807) is 12.1 Å². The van der Waals surface area contributed by atoms with Crippen LogP contribution in [0.4, 0.5) is 13.2 Å². The predicted octanol–water partition coefficient (Wildman–Crippen LogP) is 2.62. The van der Waals surface area contributed by atoms with Crippen LogP contribution in [0.15, 0.2) is 24.3 Å². The molecule has 5 nitrogen and oxygen atoms in total. The van der Waals surface area contributed by atoms with Gasteiger partial charge < -0.3 is 14.7 Å². The Morgan fingerprint density at radius 1 is 1.27 bits per heavy atom. The summed E-state index contributed by atoms with van der Waals surface area (Å²) in [6.45, 7) is 2.36. The summed E-state index contributed by atoms with van der Waals surface area (Å²) < 4.78 is 43.2. The van der Waals surface area contributed by atoms with Crippen LogP contribution in [0, 0.1) is 0 Å². The van der Waals surface area contributed by atoms with Gasteiger partial charge in [-0.2, -0.15) is 13.2 Å². The molecule has 1 aromatic rings. The average Bonchev–Trinajstić information content (AvgIpc) is 2.46. The van der Waals surface area contributed by atoms with Crippen LogP contribution >= 0.6 is 0 Å². The van der Waals surface area contributed by atoms with E-state index in [0.717, 1.165) is 6.92 Å². The first kappa shape index (κ1) is 17.8. The highest BCUT2D eigenvalue weighted by atomic mass is 19.4. The summed E-state index contributed by atoms with van der Waals surface area (Å²) in [4.78, 5) is 22.9. The number of aliphatic carboxylic acids is 1. The third-order valence-electron chi connectivity index (χ3n) is 3.25. The van der Waals surface area contributed by atoms with Gasteiger partial charge in [0.2, 0.25) is 0 Å². The first-order chi connectivity index (χ1) is 10.1. The van der Waals surface area contributed by atoms with Gasteiger partial charge in [0.05, 0.1) is 13.2 Å². The molecular weight excluding hydrogens is 303 g/mol. The molecule has 8 heteroatoms. The minimum atomic E-state index is -5.16.